The zero-order valence-electron chi connectivity index (χ0n) is 12.7. The van der Waals surface area contributed by atoms with Crippen molar-refractivity contribution >= 4 is 35.4 Å². The number of rotatable bonds is 4. The Morgan fingerprint density at radius 3 is 1.81 bits per heavy atom. The smallest absolute Gasteiger partial charge is 0.261 e. The Hall–Kier alpha value is -0.790. The van der Waals surface area contributed by atoms with Crippen molar-refractivity contribution in [3.63, 3.8) is 0 Å². The Morgan fingerprint density at radius 2 is 1.48 bits per heavy atom. The van der Waals surface area contributed by atoms with Crippen LogP contribution in [0.2, 0.25) is 0 Å². The molecule has 0 fully saturated rings. The predicted molar refractivity (Wildman–Crippen MR) is 85.8 cm³/mol. The monoisotopic (exact) mass is 353 g/mol. The van der Waals surface area contributed by atoms with E-state index in [-0.39, 0.29) is 16.1 Å². The summed E-state index contributed by atoms with van der Waals surface area (Å²) in [5.74, 6) is -0.0333. The highest BCUT2D eigenvalue weighted by atomic mass is 35.7. The summed E-state index contributed by atoms with van der Waals surface area (Å²) < 4.78 is 49.5. The number of aryl methyl sites for hydroxylation is 2. The highest BCUT2D eigenvalue weighted by molar-refractivity contribution is 8.13. The Bertz CT molecular complexity index is 724. The van der Waals surface area contributed by atoms with Gasteiger partial charge < -0.3 is 0 Å². The molecule has 120 valence electrons. The first-order valence-electron chi connectivity index (χ1n) is 6.28. The van der Waals surface area contributed by atoms with E-state index in [0.717, 1.165) is 0 Å². The van der Waals surface area contributed by atoms with Gasteiger partial charge in [-0.1, -0.05) is 20.8 Å². The fraction of sp³-hybridized carbons (Fsp3) is 0.538. The molecule has 0 atom stereocenters. The lowest BCUT2D eigenvalue weighted by Gasteiger charge is -2.20. The highest BCUT2D eigenvalue weighted by Crippen LogP contribution is 2.28. The van der Waals surface area contributed by atoms with Crippen LogP contribution in [0.4, 0.5) is 5.69 Å². The topological polar surface area (TPSA) is 80.3 Å². The predicted octanol–water partition coefficient (Wildman–Crippen LogP) is 3.02. The maximum absolute atomic E-state index is 12.1. The molecule has 1 N–H and O–H groups in total. The van der Waals surface area contributed by atoms with Gasteiger partial charge in [0.15, 0.2) is 0 Å². The standard InChI is InChI=1S/C13H20ClNO4S2/c1-9-6-11(21(14,18)19)7-10(2)12(9)15-20(16,17)8-13(3,4)5/h6-7,15H,8H2,1-5H3. The molecule has 0 aliphatic heterocycles. The van der Waals surface area contributed by atoms with Gasteiger partial charge in [0.1, 0.15) is 0 Å². The Balaban J connectivity index is 3.23. The lowest BCUT2D eigenvalue weighted by Crippen LogP contribution is -2.26. The van der Waals surface area contributed by atoms with E-state index >= 15 is 0 Å². The maximum atomic E-state index is 12.1. The second-order valence-corrected chi connectivity index (χ2v) is 10.6. The Morgan fingerprint density at radius 1 is 1.05 bits per heavy atom. The molecule has 5 nitrogen and oxygen atoms in total. The molecule has 0 saturated carbocycles. The zero-order chi connectivity index (χ0) is 16.6. The van der Waals surface area contributed by atoms with E-state index in [1.165, 1.54) is 12.1 Å². The molecule has 0 bridgehead atoms. The average Bonchev–Trinajstić information content (AvgIpc) is 2.18. The van der Waals surface area contributed by atoms with Crippen LogP contribution < -0.4 is 4.72 Å². The van der Waals surface area contributed by atoms with Crippen molar-refractivity contribution in [3.05, 3.63) is 23.3 Å². The van der Waals surface area contributed by atoms with E-state index in [1.807, 2.05) is 20.8 Å². The molecule has 0 heterocycles. The molecule has 1 rings (SSSR count). The van der Waals surface area contributed by atoms with Gasteiger partial charge in [0.05, 0.1) is 16.3 Å². The van der Waals surface area contributed by atoms with Gasteiger partial charge in [-0.15, -0.1) is 0 Å². The van der Waals surface area contributed by atoms with Crippen molar-refractivity contribution in [1.82, 2.24) is 0 Å². The summed E-state index contributed by atoms with van der Waals surface area (Å²) in [5.41, 5.74) is 1.02. The third-order valence-electron chi connectivity index (χ3n) is 2.67. The number of hydrogen-bond acceptors (Lipinski definition) is 4. The maximum Gasteiger partial charge on any atom is 0.261 e. The minimum absolute atomic E-state index is 0.0333. The molecule has 0 radical (unpaired) electrons. The number of hydrogen-bond donors (Lipinski definition) is 1. The number of halogens is 1. The van der Waals surface area contributed by atoms with Crippen molar-refractivity contribution in [1.29, 1.82) is 0 Å². The van der Waals surface area contributed by atoms with Gasteiger partial charge in [-0.2, -0.15) is 0 Å². The molecule has 8 heteroatoms. The van der Waals surface area contributed by atoms with Gasteiger partial charge in [0, 0.05) is 10.7 Å². The Kier molecular flexibility index (Phi) is 5.02. The van der Waals surface area contributed by atoms with Crippen molar-refractivity contribution in [2.24, 2.45) is 5.41 Å². The molecule has 0 unspecified atom stereocenters. The van der Waals surface area contributed by atoms with Crippen LogP contribution in [-0.4, -0.2) is 22.6 Å². The summed E-state index contributed by atoms with van der Waals surface area (Å²) >= 11 is 0. The molecule has 21 heavy (non-hydrogen) atoms. The number of sulfonamides is 1. The fourth-order valence-electron chi connectivity index (χ4n) is 1.99. The van der Waals surface area contributed by atoms with Crippen molar-refractivity contribution < 1.29 is 16.8 Å². The summed E-state index contributed by atoms with van der Waals surface area (Å²) in [5, 5.41) is 0. The van der Waals surface area contributed by atoms with Gasteiger partial charge >= 0.3 is 0 Å². The summed E-state index contributed by atoms with van der Waals surface area (Å²) in [4.78, 5) is -0.0436. The molecular weight excluding hydrogens is 334 g/mol. The molecule has 0 aliphatic rings. The Labute approximate surface area is 131 Å². The summed E-state index contributed by atoms with van der Waals surface area (Å²) in [6.45, 7) is 8.75. The molecule has 0 spiro atoms. The third kappa shape index (κ3) is 5.48. The lowest BCUT2D eigenvalue weighted by molar-refractivity contribution is 0.463. The summed E-state index contributed by atoms with van der Waals surface area (Å²) in [6, 6.07) is 2.70. The SMILES string of the molecule is Cc1cc(S(=O)(=O)Cl)cc(C)c1NS(=O)(=O)CC(C)(C)C. The first-order chi connectivity index (χ1) is 9.21. The minimum atomic E-state index is -3.84. The fourth-order valence-corrected chi connectivity index (χ4v) is 4.73. The van der Waals surface area contributed by atoms with Crippen LogP contribution in [0.1, 0.15) is 31.9 Å². The quantitative estimate of drug-likeness (QED) is 0.843. The van der Waals surface area contributed by atoms with Crippen molar-refractivity contribution in [2.75, 3.05) is 10.5 Å². The second-order valence-electron chi connectivity index (χ2n) is 6.29. The van der Waals surface area contributed by atoms with Crippen LogP contribution in [0.15, 0.2) is 17.0 Å². The van der Waals surface area contributed by atoms with Gasteiger partial charge in [-0.3, -0.25) is 4.72 Å². The van der Waals surface area contributed by atoms with Crippen LogP contribution in [-0.2, 0) is 19.1 Å². The lowest BCUT2D eigenvalue weighted by atomic mass is 10.0. The van der Waals surface area contributed by atoms with E-state index in [9.17, 15) is 16.8 Å². The largest absolute Gasteiger partial charge is 0.283 e. The number of nitrogens with one attached hydrogen (secondary N) is 1. The van der Waals surface area contributed by atoms with Gasteiger partial charge in [-0.05, 0) is 42.5 Å². The summed E-state index contributed by atoms with van der Waals surface area (Å²) in [7, 11) is -2.05. The third-order valence-corrected chi connectivity index (χ3v) is 5.76. The molecule has 0 amide bonds. The zero-order valence-corrected chi connectivity index (χ0v) is 15.1. The first kappa shape index (κ1) is 18.3. The van der Waals surface area contributed by atoms with Gasteiger partial charge in [0.25, 0.3) is 9.05 Å². The van der Waals surface area contributed by atoms with E-state index in [4.69, 9.17) is 10.7 Å². The van der Waals surface area contributed by atoms with Crippen LogP contribution in [0, 0.1) is 19.3 Å². The molecule has 0 saturated heterocycles. The van der Waals surface area contributed by atoms with Crippen molar-refractivity contribution in [3.8, 4) is 0 Å². The normalized spacial score (nSPS) is 13.2. The van der Waals surface area contributed by atoms with Crippen LogP contribution >= 0.6 is 10.7 Å². The van der Waals surface area contributed by atoms with Crippen LogP contribution in [0.25, 0.3) is 0 Å². The number of benzene rings is 1. The molecule has 1 aromatic carbocycles. The molecule has 1 aromatic rings. The molecule has 0 aromatic heterocycles. The number of anilines is 1. The van der Waals surface area contributed by atoms with E-state index < -0.39 is 19.1 Å². The second kappa shape index (κ2) is 5.78. The van der Waals surface area contributed by atoms with E-state index in [0.29, 0.717) is 16.8 Å². The van der Waals surface area contributed by atoms with E-state index in [1.54, 1.807) is 13.8 Å². The molecule has 0 aliphatic carbocycles. The van der Waals surface area contributed by atoms with Gasteiger partial charge in [-0.25, -0.2) is 16.8 Å². The first-order valence-corrected chi connectivity index (χ1v) is 10.2. The molecular formula is C13H20ClNO4S2. The highest BCUT2D eigenvalue weighted by Gasteiger charge is 2.23. The average molecular weight is 354 g/mol. The van der Waals surface area contributed by atoms with Crippen LogP contribution in [0.3, 0.4) is 0 Å². The minimum Gasteiger partial charge on any atom is -0.283 e. The summed E-state index contributed by atoms with van der Waals surface area (Å²) in [6.07, 6.45) is 0. The van der Waals surface area contributed by atoms with Crippen molar-refractivity contribution in [2.45, 2.75) is 39.5 Å². The van der Waals surface area contributed by atoms with Crippen LogP contribution in [0.5, 0.6) is 0 Å². The van der Waals surface area contributed by atoms with E-state index in [2.05, 4.69) is 4.72 Å². The van der Waals surface area contributed by atoms with Gasteiger partial charge in [0.2, 0.25) is 10.0 Å².